The molecule has 39 heavy (non-hydrogen) atoms. The molecule has 1 aliphatic rings. The van der Waals surface area contributed by atoms with Crippen molar-refractivity contribution in [2.45, 2.75) is 38.5 Å². The average Bonchev–Trinajstić information content (AvgIpc) is 2.94. The molecule has 0 aromatic carbocycles. The number of unbranched alkanes of at least 4 members (excludes halogenated alkanes) is 3. The molecule has 12 heteroatoms. The van der Waals surface area contributed by atoms with Crippen molar-refractivity contribution in [3.8, 4) is 0 Å². The lowest BCUT2D eigenvalue weighted by Gasteiger charge is -2.21. The molecule has 0 bridgehead atoms. The predicted molar refractivity (Wildman–Crippen MR) is 142 cm³/mol. The van der Waals surface area contributed by atoms with E-state index in [9.17, 15) is 29.1 Å². The van der Waals surface area contributed by atoms with Gasteiger partial charge in [0.2, 0.25) is 40.8 Å². The molecule has 0 spiro atoms. The van der Waals surface area contributed by atoms with Crippen molar-refractivity contribution in [1.29, 1.82) is 0 Å². The molecule has 0 aromatic heterocycles. The monoisotopic (exact) mass is 547 g/mol. The van der Waals surface area contributed by atoms with Gasteiger partial charge in [-0.1, -0.05) is 19.7 Å². The molecular formula is C27H37N3O9. The van der Waals surface area contributed by atoms with Crippen LogP contribution in [0.25, 0.3) is 0 Å². The van der Waals surface area contributed by atoms with E-state index in [1.807, 2.05) is 0 Å². The lowest BCUT2D eigenvalue weighted by molar-refractivity contribution is -0.126. The van der Waals surface area contributed by atoms with Gasteiger partial charge in [-0.05, 0) is 56.8 Å². The number of carbonyl (C=O) groups is 5. The Morgan fingerprint density at radius 1 is 0.590 bits per heavy atom. The van der Waals surface area contributed by atoms with Crippen molar-refractivity contribution in [2.75, 3.05) is 39.5 Å². The molecule has 1 rings (SSSR count). The number of ether oxygens (including phenoxy) is 3. The Balaban J connectivity index is 2.77. The van der Waals surface area contributed by atoms with Crippen LogP contribution in [0.3, 0.4) is 0 Å². The maximum Gasteiger partial charge on any atom is 0.270 e. The second-order valence-corrected chi connectivity index (χ2v) is 8.15. The molecule has 0 atom stereocenters. The largest absolute Gasteiger partial charge is 0.501 e. The Kier molecular flexibility index (Phi) is 15.8. The lowest BCUT2D eigenvalue weighted by Crippen LogP contribution is -2.29. The summed E-state index contributed by atoms with van der Waals surface area (Å²) in [7, 11) is 0. The van der Waals surface area contributed by atoms with Gasteiger partial charge in [-0.15, -0.1) is 0 Å². The normalized spacial score (nSPS) is 12.9. The molecule has 12 nitrogen and oxygen atoms in total. The van der Waals surface area contributed by atoms with Crippen molar-refractivity contribution in [2.24, 2.45) is 0 Å². The minimum atomic E-state index is -0.948. The number of nitrogens with one attached hydrogen (secondary N) is 3. The van der Waals surface area contributed by atoms with Crippen LogP contribution in [0.2, 0.25) is 0 Å². The van der Waals surface area contributed by atoms with Crippen molar-refractivity contribution in [1.82, 2.24) is 16.0 Å². The highest BCUT2D eigenvalue weighted by Crippen LogP contribution is 2.27. The highest BCUT2D eigenvalue weighted by molar-refractivity contribution is 6.21. The Bertz CT molecular complexity index is 998. The van der Waals surface area contributed by atoms with E-state index >= 15 is 0 Å². The van der Waals surface area contributed by atoms with Crippen LogP contribution < -0.4 is 16.0 Å². The van der Waals surface area contributed by atoms with Crippen LogP contribution in [0.5, 0.6) is 0 Å². The van der Waals surface area contributed by atoms with Gasteiger partial charge in [-0.2, -0.15) is 0 Å². The fourth-order valence-corrected chi connectivity index (χ4v) is 3.08. The van der Waals surface area contributed by atoms with Crippen LogP contribution in [-0.4, -0.2) is 73.8 Å². The van der Waals surface area contributed by atoms with E-state index < -0.39 is 28.8 Å². The zero-order chi connectivity index (χ0) is 29.0. The molecule has 0 unspecified atom stereocenters. The van der Waals surface area contributed by atoms with E-state index in [0.29, 0.717) is 58.2 Å². The SMILES string of the molecule is C=CC(=O)NCCCCOC1=C(O)C(=O)C(OCCCCNC(=O)C=C)=C(OCCCCNC(=O)C=C)C1=O. The van der Waals surface area contributed by atoms with Gasteiger partial charge in [-0.3, -0.25) is 24.0 Å². The summed E-state index contributed by atoms with van der Waals surface area (Å²) < 4.78 is 16.5. The van der Waals surface area contributed by atoms with Crippen molar-refractivity contribution < 1.29 is 43.3 Å². The van der Waals surface area contributed by atoms with E-state index in [0.717, 1.165) is 18.2 Å². The number of hydrogen-bond acceptors (Lipinski definition) is 9. The molecule has 3 amide bonds. The van der Waals surface area contributed by atoms with Gasteiger partial charge in [0.25, 0.3) is 11.6 Å². The van der Waals surface area contributed by atoms with Crippen LogP contribution in [0.4, 0.5) is 0 Å². The Labute approximate surface area is 227 Å². The molecule has 1 aliphatic carbocycles. The van der Waals surface area contributed by atoms with Crippen LogP contribution in [0.15, 0.2) is 61.0 Å². The van der Waals surface area contributed by atoms with Gasteiger partial charge in [0.1, 0.15) is 0 Å². The summed E-state index contributed by atoms with van der Waals surface area (Å²) in [5.74, 6) is -4.93. The first-order valence-electron chi connectivity index (χ1n) is 12.6. The molecule has 0 aliphatic heterocycles. The van der Waals surface area contributed by atoms with Crippen LogP contribution in [0.1, 0.15) is 38.5 Å². The molecule has 4 N–H and O–H groups in total. The fourth-order valence-electron chi connectivity index (χ4n) is 3.08. The van der Waals surface area contributed by atoms with Gasteiger partial charge in [0.05, 0.1) is 19.8 Å². The molecule has 0 fully saturated rings. The van der Waals surface area contributed by atoms with Crippen LogP contribution in [-0.2, 0) is 38.2 Å². The standard InChI is InChI=1S/C27H37N3O9/c1-4-19(31)28-13-7-10-16-37-25-22(34)23(35)26(38-17-11-8-14-29-20(32)5-2)27(24(25)36)39-18-12-9-15-30-21(33)6-3/h4-6,34H,1-3,7-18H2,(H,28,31)(H,29,32)(H,30,33). The maximum atomic E-state index is 13.1. The summed E-state index contributed by atoms with van der Waals surface area (Å²) >= 11 is 0. The third-order valence-corrected chi connectivity index (χ3v) is 5.16. The molecule has 0 saturated heterocycles. The van der Waals surface area contributed by atoms with E-state index in [-0.39, 0.29) is 43.3 Å². The van der Waals surface area contributed by atoms with E-state index in [2.05, 4.69) is 35.7 Å². The maximum absolute atomic E-state index is 13.1. The second-order valence-electron chi connectivity index (χ2n) is 8.15. The Morgan fingerprint density at radius 3 is 1.28 bits per heavy atom. The lowest BCUT2D eigenvalue weighted by atomic mass is 10.1. The van der Waals surface area contributed by atoms with Gasteiger partial charge < -0.3 is 35.3 Å². The molecular weight excluding hydrogens is 510 g/mol. The quantitative estimate of drug-likeness (QED) is 0.0943. The second kappa shape index (κ2) is 18.8. The summed E-state index contributed by atoms with van der Waals surface area (Å²) in [6.45, 7) is 11.3. The zero-order valence-electron chi connectivity index (χ0n) is 22.1. The number of ketones is 2. The first-order chi connectivity index (χ1) is 18.8. The van der Waals surface area contributed by atoms with E-state index in [1.54, 1.807) is 0 Å². The van der Waals surface area contributed by atoms with Crippen LogP contribution >= 0.6 is 0 Å². The summed E-state index contributed by atoms with van der Waals surface area (Å²) in [5, 5.41) is 18.2. The third-order valence-electron chi connectivity index (χ3n) is 5.16. The first kappa shape index (κ1) is 32.7. The topological polar surface area (TPSA) is 169 Å². The summed E-state index contributed by atoms with van der Waals surface area (Å²) in [6, 6.07) is 0. The minimum absolute atomic E-state index is 0.00523. The average molecular weight is 548 g/mol. The molecule has 0 heterocycles. The molecule has 0 saturated carbocycles. The molecule has 214 valence electrons. The number of carbonyl (C=O) groups excluding carboxylic acids is 5. The Hall–Kier alpha value is -4.35. The van der Waals surface area contributed by atoms with Gasteiger partial charge in [-0.25, -0.2) is 0 Å². The van der Waals surface area contributed by atoms with Crippen molar-refractivity contribution >= 4 is 29.3 Å². The van der Waals surface area contributed by atoms with Gasteiger partial charge >= 0.3 is 0 Å². The van der Waals surface area contributed by atoms with Crippen molar-refractivity contribution in [3.63, 3.8) is 0 Å². The number of hydrogen-bond donors (Lipinski definition) is 4. The molecule has 0 aromatic rings. The van der Waals surface area contributed by atoms with Gasteiger partial charge in [0, 0.05) is 19.6 Å². The van der Waals surface area contributed by atoms with Crippen LogP contribution in [0, 0.1) is 0 Å². The van der Waals surface area contributed by atoms with Crippen molar-refractivity contribution in [3.05, 3.63) is 61.0 Å². The number of aliphatic hydroxyl groups excluding tert-OH is 1. The number of amides is 3. The van der Waals surface area contributed by atoms with E-state index in [4.69, 9.17) is 14.2 Å². The number of rotatable bonds is 21. The summed E-state index contributed by atoms with van der Waals surface area (Å²) in [5.41, 5.74) is 0. The minimum Gasteiger partial charge on any atom is -0.501 e. The summed E-state index contributed by atoms with van der Waals surface area (Å²) in [6.07, 6.45) is 6.37. The van der Waals surface area contributed by atoms with Gasteiger partial charge in [0.15, 0.2) is 0 Å². The smallest absolute Gasteiger partial charge is 0.270 e. The predicted octanol–water partition coefficient (Wildman–Crippen LogP) is 1.42. The van der Waals surface area contributed by atoms with E-state index in [1.165, 1.54) is 0 Å². The molecule has 0 radical (unpaired) electrons. The zero-order valence-corrected chi connectivity index (χ0v) is 22.1. The fraction of sp³-hybridized carbons (Fsp3) is 0.444. The number of aliphatic hydroxyl groups is 1. The highest BCUT2D eigenvalue weighted by atomic mass is 16.5. The Morgan fingerprint density at radius 2 is 0.923 bits per heavy atom. The summed E-state index contributed by atoms with van der Waals surface area (Å²) in [4.78, 5) is 59.5. The third kappa shape index (κ3) is 12.2. The first-order valence-corrected chi connectivity index (χ1v) is 12.6. The highest BCUT2D eigenvalue weighted by Gasteiger charge is 2.39. The number of Topliss-reactive ketones (excluding diaryl/α,β-unsaturated/α-hetero) is 2.